The van der Waals surface area contributed by atoms with Gasteiger partial charge in [0.1, 0.15) is 0 Å². The molecule has 3 rings (SSSR count). The van der Waals surface area contributed by atoms with E-state index in [4.69, 9.17) is 5.73 Å². The molecule has 3 N–H and O–H groups in total. The van der Waals surface area contributed by atoms with E-state index in [1.54, 1.807) is 0 Å². The minimum absolute atomic E-state index is 0.338. The van der Waals surface area contributed by atoms with E-state index in [0.717, 1.165) is 51.0 Å². The van der Waals surface area contributed by atoms with Crippen molar-refractivity contribution < 1.29 is 0 Å². The van der Waals surface area contributed by atoms with Crippen LogP contribution in [0.4, 0.5) is 0 Å². The number of hydrogen-bond donors (Lipinski definition) is 2. The van der Waals surface area contributed by atoms with Crippen molar-refractivity contribution in [3.8, 4) is 0 Å². The summed E-state index contributed by atoms with van der Waals surface area (Å²) in [6.45, 7) is 20.2. The van der Waals surface area contributed by atoms with Gasteiger partial charge in [-0.15, -0.1) is 0 Å². The zero-order valence-electron chi connectivity index (χ0n) is 18.9. The third-order valence-corrected chi connectivity index (χ3v) is 6.72. The number of allylic oxidation sites excluding steroid dienone is 1. The van der Waals surface area contributed by atoms with Gasteiger partial charge >= 0.3 is 0 Å². The summed E-state index contributed by atoms with van der Waals surface area (Å²) in [6, 6.07) is 7.06. The van der Waals surface area contributed by atoms with Gasteiger partial charge in [-0.05, 0) is 86.2 Å². The Morgan fingerprint density at radius 3 is 2.62 bits per heavy atom. The van der Waals surface area contributed by atoms with Crippen molar-refractivity contribution in [2.45, 2.75) is 65.3 Å². The van der Waals surface area contributed by atoms with Crippen molar-refractivity contribution in [2.75, 3.05) is 26.2 Å². The van der Waals surface area contributed by atoms with Crippen LogP contribution in [0.2, 0.25) is 0 Å². The molecule has 0 spiro atoms. The molecular formula is C26H41N3. The van der Waals surface area contributed by atoms with Crippen LogP contribution in [-0.4, -0.2) is 37.1 Å². The minimum atomic E-state index is 0.338. The van der Waals surface area contributed by atoms with E-state index in [1.165, 1.54) is 41.6 Å². The van der Waals surface area contributed by atoms with Crippen LogP contribution in [0.3, 0.4) is 0 Å². The van der Waals surface area contributed by atoms with Crippen LogP contribution in [0.25, 0.3) is 11.3 Å². The van der Waals surface area contributed by atoms with E-state index in [-0.39, 0.29) is 0 Å². The van der Waals surface area contributed by atoms with Crippen molar-refractivity contribution in [1.29, 1.82) is 0 Å². The molecule has 1 aromatic rings. The maximum Gasteiger partial charge on any atom is 0.0343 e. The molecule has 1 saturated heterocycles. The Bertz CT molecular complexity index is 720. The summed E-state index contributed by atoms with van der Waals surface area (Å²) in [4.78, 5) is 2.59. The summed E-state index contributed by atoms with van der Waals surface area (Å²) in [5.41, 5.74) is 12.8. The van der Waals surface area contributed by atoms with Gasteiger partial charge < -0.3 is 16.0 Å². The SMILES string of the molecule is C=C(NCCC(C)(C)C)c1cccc2c1CCC(CCN1CCC(N)CC1)C2=C. The van der Waals surface area contributed by atoms with Crippen molar-refractivity contribution in [2.24, 2.45) is 17.1 Å². The molecule has 0 amide bonds. The van der Waals surface area contributed by atoms with Crippen LogP contribution in [0.1, 0.15) is 69.6 Å². The molecule has 0 aromatic heterocycles. The Labute approximate surface area is 178 Å². The van der Waals surface area contributed by atoms with Crippen LogP contribution in [-0.2, 0) is 6.42 Å². The lowest BCUT2D eigenvalue weighted by Gasteiger charge is -2.33. The van der Waals surface area contributed by atoms with Crippen molar-refractivity contribution in [1.82, 2.24) is 10.2 Å². The summed E-state index contributed by atoms with van der Waals surface area (Å²) in [7, 11) is 0. The number of rotatable bonds is 7. The van der Waals surface area contributed by atoms with Gasteiger partial charge in [-0.3, -0.25) is 0 Å². The monoisotopic (exact) mass is 395 g/mol. The fourth-order valence-corrected chi connectivity index (χ4v) is 4.67. The molecule has 160 valence electrons. The molecule has 0 radical (unpaired) electrons. The fraction of sp³-hybridized carbons (Fsp3) is 0.615. The van der Waals surface area contributed by atoms with Gasteiger partial charge in [0.05, 0.1) is 0 Å². The molecule has 29 heavy (non-hydrogen) atoms. The van der Waals surface area contributed by atoms with Crippen LogP contribution in [0.15, 0.2) is 31.4 Å². The topological polar surface area (TPSA) is 41.3 Å². The van der Waals surface area contributed by atoms with Gasteiger partial charge in [-0.25, -0.2) is 0 Å². The normalized spacial score (nSPS) is 21.1. The molecule has 0 saturated carbocycles. The van der Waals surface area contributed by atoms with Gasteiger partial charge in [0.25, 0.3) is 0 Å². The maximum absolute atomic E-state index is 6.05. The summed E-state index contributed by atoms with van der Waals surface area (Å²) in [5, 5.41) is 3.56. The van der Waals surface area contributed by atoms with E-state index < -0.39 is 0 Å². The molecule has 1 aliphatic heterocycles. The lowest BCUT2D eigenvalue weighted by Crippen LogP contribution is -2.40. The number of nitrogens with one attached hydrogen (secondary N) is 1. The number of hydrogen-bond acceptors (Lipinski definition) is 3. The molecule has 0 bridgehead atoms. The third-order valence-electron chi connectivity index (χ3n) is 6.72. The average molecular weight is 396 g/mol. The molecule has 1 aliphatic carbocycles. The van der Waals surface area contributed by atoms with Crippen LogP contribution in [0.5, 0.6) is 0 Å². The highest BCUT2D eigenvalue weighted by atomic mass is 15.1. The summed E-state index contributed by atoms with van der Waals surface area (Å²) < 4.78 is 0. The number of piperidine rings is 1. The second kappa shape index (κ2) is 9.49. The average Bonchev–Trinajstić information content (AvgIpc) is 2.67. The molecule has 2 aliphatic rings. The quantitative estimate of drug-likeness (QED) is 0.677. The lowest BCUT2D eigenvalue weighted by molar-refractivity contribution is 0.203. The highest BCUT2D eigenvalue weighted by Crippen LogP contribution is 2.39. The first-order valence-electron chi connectivity index (χ1n) is 11.5. The maximum atomic E-state index is 6.05. The summed E-state index contributed by atoms with van der Waals surface area (Å²) in [6.07, 6.45) is 6.95. The first kappa shape index (κ1) is 22.1. The second-order valence-electron chi connectivity index (χ2n) is 10.3. The molecule has 1 heterocycles. The number of likely N-dealkylation sites (tertiary alicyclic amines) is 1. The lowest BCUT2D eigenvalue weighted by atomic mass is 9.77. The van der Waals surface area contributed by atoms with Crippen LogP contribution >= 0.6 is 0 Å². The zero-order chi connectivity index (χ0) is 21.0. The van der Waals surface area contributed by atoms with E-state index in [2.05, 4.69) is 62.3 Å². The van der Waals surface area contributed by atoms with Crippen LogP contribution in [0, 0.1) is 11.3 Å². The summed E-state index contributed by atoms with van der Waals surface area (Å²) >= 11 is 0. The van der Waals surface area contributed by atoms with E-state index in [9.17, 15) is 0 Å². The molecule has 1 unspecified atom stereocenters. The predicted molar refractivity (Wildman–Crippen MR) is 127 cm³/mol. The molecule has 3 heteroatoms. The first-order valence-corrected chi connectivity index (χ1v) is 11.5. The number of nitrogens with two attached hydrogens (primary N) is 1. The van der Waals surface area contributed by atoms with E-state index in [1.807, 2.05) is 0 Å². The Kier molecular flexibility index (Phi) is 7.23. The highest BCUT2D eigenvalue weighted by molar-refractivity contribution is 5.76. The molecule has 1 fully saturated rings. The Balaban J connectivity index is 1.60. The standard InChI is InChI=1S/C26H41N3/c1-19-21(11-16-29-17-12-22(27)13-18-29)9-10-25-23(19)7-6-8-24(25)20(2)28-15-14-26(3,4)5/h6-8,21-22,28H,1-2,9-18,27H2,3-5H3. The van der Waals surface area contributed by atoms with E-state index >= 15 is 0 Å². The predicted octanol–water partition coefficient (Wildman–Crippen LogP) is 5.07. The second-order valence-corrected chi connectivity index (χ2v) is 10.3. The molecular weight excluding hydrogens is 354 g/mol. The number of benzene rings is 1. The van der Waals surface area contributed by atoms with E-state index in [0.29, 0.717) is 17.4 Å². The fourth-order valence-electron chi connectivity index (χ4n) is 4.67. The van der Waals surface area contributed by atoms with Gasteiger partial charge in [-0.1, -0.05) is 52.1 Å². The smallest absolute Gasteiger partial charge is 0.0343 e. The highest BCUT2D eigenvalue weighted by Gasteiger charge is 2.26. The zero-order valence-corrected chi connectivity index (χ0v) is 18.9. The van der Waals surface area contributed by atoms with Gasteiger partial charge in [0, 0.05) is 23.8 Å². The number of fused-ring (bicyclic) bond motifs is 1. The Morgan fingerprint density at radius 1 is 1.21 bits per heavy atom. The minimum Gasteiger partial charge on any atom is -0.385 e. The van der Waals surface area contributed by atoms with Crippen molar-refractivity contribution >= 4 is 11.3 Å². The summed E-state index contributed by atoms with van der Waals surface area (Å²) in [5.74, 6) is 0.593. The molecule has 1 aromatic carbocycles. The molecule has 3 nitrogen and oxygen atoms in total. The van der Waals surface area contributed by atoms with Crippen molar-refractivity contribution in [3.63, 3.8) is 0 Å². The third kappa shape index (κ3) is 5.96. The molecule has 1 atom stereocenters. The van der Waals surface area contributed by atoms with Gasteiger partial charge in [0.2, 0.25) is 0 Å². The largest absolute Gasteiger partial charge is 0.385 e. The van der Waals surface area contributed by atoms with Crippen molar-refractivity contribution in [3.05, 3.63) is 48.0 Å². The van der Waals surface area contributed by atoms with Gasteiger partial charge in [-0.2, -0.15) is 0 Å². The Hall–Kier alpha value is -1.58. The Morgan fingerprint density at radius 2 is 1.93 bits per heavy atom. The first-order chi connectivity index (χ1) is 13.7. The van der Waals surface area contributed by atoms with Crippen LogP contribution < -0.4 is 11.1 Å². The number of nitrogens with zero attached hydrogens (tertiary/aromatic N) is 1. The van der Waals surface area contributed by atoms with Gasteiger partial charge in [0.15, 0.2) is 0 Å².